The van der Waals surface area contributed by atoms with Crippen LogP contribution in [0.4, 0.5) is 0 Å². The SMILES string of the molecule is CCN(CCC(=O)N1CCCC(C)C1)C1CCS(=O)(=O)C1. The molecule has 2 heterocycles. The second kappa shape index (κ2) is 7.09. The first-order valence-electron chi connectivity index (χ1n) is 8.13. The summed E-state index contributed by atoms with van der Waals surface area (Å²) in [6.07, 6.45) is 3.54. The Kier molecular flexibility index (Phi) is 5.66. The van der Waals surface area contributed by atoms with Crippen LogP contribution in [0, 0.1) is 5.92 Å². The minimum absolute atomic E-state index is 0.105. The Morgan fingerprint density at radius 3 is 2.67 bits per heavy atom. The van der Waals surface area contributed by atoms with E-state index in [9.17, 15) is 13.2 Å². The van der Waals surface area contributed by atoms with Gasteiger partial charge >= 0.3 is 0 Å². The second-order valence-corrected chi connectivity index (χ2v) is 8.75. The summed E-state index contributed by atoms with van der Waals surface area (Å²) in [6, 6.07) is 0.105. The maximum Gasteiger partial charge on any atom is 0.223 e. The van der Waals surface area contributed by atoms with E-state index in [0.29, 0.717) is 31.1 Å². The van der Waals surface area contributed by atoms with Gasteiger partial charge in [0.05, 0.1) is 11.5 Å². The van der Waals surface area contributed by atoms with Gasteiger partial charge in [0.15, 0.2) is 9.84 Å². The maximum absolute atomic E-state index is 12.3. The van der Waals surface area contributed by atoms with Crippen LogP contribution in [0.15, 0.2) is 0 Å². The van der Waals surface area contributed by atoms with Crippen molar-refractivity contribution in [1.29, 1.82) is 0 Å². The zero-order valence-electron chi connectivity index (χ0n) is 13.3. The fourth-order valence-electron chi connectivity index (χ4n) is 3.48. The number of nitrogens with zero attached hydrogens (tertiary/aromatic N) is 2. The largest absolute Gasteiger partial charge is 0.342 e. The molecule has 2 saturated heterocycles. The molecular weight excluding hydrogens is 288 g/mol. The van der Waals surface area contributed by atoms with Gasteiger partial charge in [-0.2, -0.15) is 0 Å². The second-order valence-electron chi connectivity index (χ2n) is 6.52. The minimum Gasteiger partial charge on any atom is -0.342 e. The Morgan fingerprint density at radius 2 is 2.10 bits per heavy atom. The zero-order valence-corrected chi connectivity index (χ0v) is 14.1. The molecule has 0 aromatic rings. The number of carbonyl (C=O) groups is 1. The molecule has 0 N–H and O–H groups in total. The van der Waals surface area contributed by atoms with Crippen LogP contribution >= 0.6 is 0 Å². The average molecular weight is 316 g/mol. The van der Waals surface area contributed by atoms with E-state index in [4.69, 9.17) is 0 Å². The molecule has 0 saturated carbocycles. The van der Waals surface area contributed by atoms with Gasteiger partial charge in [-0.15, -0.1) is 0 Å². The fourth-order valence-corrected chi connectivity index (χ4v) is 5.24. The Labute approximate surface area is 128 Å². The smallest absolute Gasteiger partial charge is 0.223 e. The van der Waals surface area contributed by atoms with Gasteiger partial charge in [0.25, 0.3) is 0 Å². The van der Waals surface area contributed by atoms with Crippen molar-refractivity contribution >= 4 is 15.7 Å². The van der Waals surface area contributed by atoms with E-state index < -0.39 is 9.84 Å². The molecule has 6 heteroatoms. The van der Waals surface area contributed by atoms with Gasteiger partial charge in [-0.25, -0.2) is 8.42 Å². The van der Waals surface area contributed by atoms with Crippen LogP contribution in [0.2, 0.25) is 0 Å². The zero-order chi connectivity index (χ0) is 15.5. The topological polar surface area (TPSA) is 57.7 Å². The van der Waals surface area contributed by atoms with E-state index in [2.05, 4.69) is 11.8 Å². The molecule has 0 spiro atoms. The predicted molar refractivity (Wildman–Crippen MR) is 83.9 cm³/mol. The molecule has 2 aliphatic rings. The molecule has 2 atom stereocenters. The lowest BCUT2D eigenvalue weighted by atomic mass is 10.00. The summed E-state index contributed by atoms with van der Waals surface area (Å²) in [5.41, 5.74) is 0. The number of hydrogen-bond acceptors (Lipinski definition) is 4. The molecule has 0 aromatic carbocycles. The first-order valence-corrected chi connectivity index (χ1v) is 9.95. The Morgan fingerprint density at radius 1 is 1.33 bits per heavy atom. The number of piperidine rings is 1. The monoisotopic (exact) mass is 316 g/mol. The number of sulfone groups is 1. The third-order valence-electron chi connectivity index (χ3n) is 4.75. The number of rotatable bonds is 5. The number of amides is 1. The summed E-state index contributed by atoms with van der Waals surface area (Å²) in [5, 5.41) is 0. The van der Waals surface area contributed by atoms with Crippen molar-refractivity contribution in [2.24, 2.45) is 5.92 Å². The van der Waals surface area contributed by atoms with Crippen molar-refractivity contribution in [2.45, 2.75) is 45.6 Å². The van der Waals surface area contributed by atoms with E-state index >= 15 is 0 Å². The highest BCUT2D eigenvalue weighted by Gasteiger charge is 2.32. The van der Waals surface area contributed by atoms with Gasteiger partial charge in [0.1, 0.15) is 0 Å². The van der Waals surface area contributed by atoms with Crippen LogP contribution in [-0.4, -0.2) is 67.9 Å². The number of carbonyl (C=O) groups excluding carboxylic acids is 1. The molecule has 0 radical (unpaired) electrons. The minimum atomic E-state index is -2.85. The van der Waals surface area contributed by atoms with Crippen LogP contribution in [-0.2, 0) is 14.6 Å². The first-order chi connectivity index (χ1) is 9.91. The molecule has 5 nitrogen and oxygen atoms in total. The van der Waals surface area contributed by atoms with Gasteiger partial charge < -0.3 is 4.90 Å². The summed E-state index contributed by atoms with van der Waals surface area (Å²) in [5.74, 6) is 1.38. The molecule has 0 bridgehead atoms. The summed E-state index contributed by atoms with van der Waals surface area (Å²) in [4.78, 5) is 16.4. The van der Waals surface area contributed by atoms with E-state index in [0.717, 1.165) is 26.1 Å². The molecule has 1 amide bonds. The molecule has 0 aromatic heterocycles. The maximum atomic E-state index is 12.3. The lowest BCUT2D eigenvalue weighted by molar-refractivity contribution is -0.133. The van der Waals surface area contributed by atoms with Gasteiger partial charge in [-0.1, -0.05) is 13.8 Å². The normalized spacial score (nSPS) is 29.0. The van der Waals surface area contributed by atoms with Crippen LogP contribution in [0.1, 0.15) is 39.5 Å². The molecule has 2 aliphatic heterocycles. The molecule has 0 aliphatic carbocycles. The van der Waals surface area contributed by atoms with Gasteiger partial charge in [-0.05, 0) is 31.7 Å². The number of hydrogen-bond donors (Lipinski definition) is 0. The van der Waals surface area contributed by atoms with Crippen LogP contribution in [0.25, 0.3) is 0 Å². The van der Waals surface area contributed by atoms with Gasteiger partial charge in [0.2, 0.25) is 5.91 Å². The Hall–Kier alpha value is -0.620. The highest BCUT2D eigenvalue weighted by atomic mass is 32.2. The third kappa shape index (κ3) is 4.68. The lowest BCUT2D eigenvalue weighted by Gasteiger charge is -2.32. The van der Waals surface area contributed by atoms with E-state index in [-0.39, 0.29) is 17.7 Å². The molecule has 21 heavy (non-hydrogen) atoms. The molecule has 2 rings (SSSR count). The average Bonchev–Trinajstić information content (AvgIpc) is 2.79. The summed E-state index contributed by atoms with van der Waals surface area (Å²) in [6.45, 7) is 7.49. The fraction of sp³-hybridized carbons (Fsp3) is 0.933. The van der Waals surface area contributed by atoms with Crippen molar-refractivity contribution in [3.8, 4) is 0 Å². The highest BCUT2D eigenvalue weighted by Crippen LogP contribution is 2.19. The summed E-state index contributed by atoms with van der Waals surface area (Å²) < 4.78 is 23.2. The Balaban J connectivity index is 1.81. The van der Waals surface area contributed by atoms with Crippen molar-refractivity contribution in [2.75, 3.05) is 37.7 Å². The van der Waals surface area contributed by atoms with Gasteiger partial charge in [0, 0.05) is 32.1 Å². The highest BCUT2D eigenvalue weighted by molar-refractivity contribution is 7.91. The van der Waals surface area contributed by atoms with Crippen molar-refractivity contribution in [3.63, 3.8) is 0 Å². The standard InChI is InChI=1S/C15H28N2O3S/c1-3-16(14-7-10-21(19,20)12-14)9-6-15(18)17-8-4-5-13(2)11-17/h13-14H,3-12H2,1-2H3. The molecular formula is C15H28N2O3S. The molecule has 122 valence electrons. The first kappa shape index (κ1) is 16.7. The van der Waals surface area contributed by atoms with E-state index in [1.165, 1.54) is 6.42 Å². The third-order valence-corrected chi connectivity index (χ3v) is 6.50. The summed E-state index contributed by atoms with van der Waals surface area (Å²) in [7, 11) is -2.85. The van der Waals surface area contributed by atoms with Crippen LogP contribution in [0.3, 0.4) is 0 Å². The van der Waals surface area contributed by atoms with Crippen molar-refractivity contribution in [3.05, 3.63) is 0 Å². The predicted octanol–water partition coefficient (Wildman–Crippen LogP) is 1.14. The Bertz CT molecular complexity index is 464. The quantitative estimate of drug-likeness (QED) is 0.763. The van der Waals surface area contributed by atoms with Crippen LogP contribution in [0.5, 0.6) is 0 Å². The van der Waals surface area contributed by atoms with E-state index in [1.807, 2.05) is 11.8 Å². The summed E-state index contributed by atoms with van der Waals surface area (Å²) >= 11 is 0. The van der Waals surface area contributed by atoms with Gasteiger partial charge in [-0.3, -0.25) is 9.69 Å². The van der Waals surface area contributed by atoms with Crippen molar-refractivity contribution in [1.82, 2.24) is 9.80 Å². The molecule has 2 unspecified atom stereocenters. The lowest BCUT2D eigenvalue weighted by Crippen LogP contribution is -2.42. The van der Waals surface area contributed by atoms with E-state index in [1.54, 1.807) is 0 Å². The van der Waals surface area contributed by atoms with Crippen LogP contribution < -0.4 is 0 Å². The molecule has 2 fully saturated rings. The van der Waals surface area contributed by atoms with Crippen molar-refractivity contribution < 1.29 is 13.2 Å². The number of likely N-dealkylation sites (tertiary alicyclic amines) is 1.